The second kappa shape index (κ2) is 14.7. The maximum Gasteiger partial charge on any atom is 0.253 e. The SMILES string of the molecule is CC(C)(C)c1cc(-c2cc(C(C)(C)C)cc(C(C)(C)C)c2-p2oc3ccccc3c3c(O)c(O)ccc3o2)c(-p2oc3ccccc3c3ccccc3o2)c(C(C)(C)C)c1. The molecule has 60 heavy (non-hydrogen) atoms. The highest BCUT2D eigenvalue weighted by atomic mass is 31.1. The molecule has 0 saturated carbocycles. The Labute approximate surface area is 355 Å². The van der Waals surface area contributed by atoms with E-state index in [1.807, 2.05) is 60.7 Å². The zero-order valence-corrected chi connectivity index (χ0v) is 38.6. The Morgan fingerprint density at radius 2 is 0.767 bits per heavy atom. The molecule has 6 nitrogen and oxygen atoms in total. The molecule has 1 unspecified atom stereocenters. The Kier molecular flexibility index (Phi) is 10.2. The van der Waals surface area contributed by atoms with E-state index in [1.165, 1.54) is 17.2 Å². The van der Waals surface area contributed by atoms with Gasteiger partial charge in [-0.2, -0.15) is 0 Å². The average molecular weight is 839 g/mol. The van der Waals surface area contributed by atoms with Crippen LogP contribution in [0.25, 0.3) is 65.6 Å². The van der Waals surface area contributed by atoms with Crippen LogP contribution in [0.4, 0.5) is 0 Å². The Balaban J connectivity index is 1.65. The summed E-state index contributed by atoms with van der Waals surface area (Å²) in [6, 6.07) is 36.6. The molecule has 310 valence electrons. The zero-order valence-electron chi connectivity index (χ0n) is 36.8. The molecule has 6 aromatic carbocycles. The summed E-state index contributed by atoms with van der Waals surface area (Å²) in [6.45, 7) is 27.1. The van der Waals surface area contributed by atoms with Gasteiger partial charge in [-0.1, -0.05) is 150 Å². The summed E-state index contributed by atoms with van der Waals surface area (Å²) < 4.78 is 28.6. The van der Waals surface area contributed by atoms with Gasteiger partial charge in [0.1, 0.15) is 22.3 Å². The number of phenolic OH excluding ortho intramolecular Hbond substituents is 2. The third-order valence-electron chi connectivity index (χ3n) is 11.3. The summed E-state index contributed by atoms with van der Waals surface area (Å²) in [5, 5.41) is 27.1. The van der Waals surface area contributed by atoms with Crippen LogP contribution in [0.3, 0.4) is 0 Å². The number of hydrogen-bond donors (Lipinski definition) is 2. The van der Waals surface area contributed by atoms with Gasteiger partial charge in [-0.15, -0.1) is 0 Å². The van der Waals surface area contributed by atoms with Crippen molar-refractivity contribution in [2.75, 3.05) is 0 Å². The smallest absolute Gasteiger partial charge is 0.253 e. The van der Waals surface area contributed by atoms with E-state index < -0.39 is 16.0 Å². The summed E-state index contributed by atoms with van der Waals surface area (Å²) in [4.78, 5) is 0. The van der Waals surface area contributed by atoms with E-state index in [1.54, 1.807) is 6.07 Å². The van der Waals surface area contributed by atoms with Crippen molar-refractivity contribution >= 4 is 59.9 Å². The zero-order chi connectivity index (χ0) is 43.1. The van der Waals surface area contributed by atoms with E-state index in [-0.39, 0.29) is 33.2 Å². The van der Waals surface area contributed by atoms with Crippen LogP contribution >= 0.6 is 16.0 Å². The fraction of sp³-hybridized carbons (Fsp3) is 0.308. The van der Waals surface area contributed by atoms with Gasteiger partial charge in [0.25, 0.3) is 16.0 Å². The molecule has 2 heterocycles. The second-order valence-corrected chi connectivity index (χ2v) is 22.7. The topological polar surface area (TPSA) is 93.0 Å². The van der Waals surface area contributed by atoms with Crippen LogP contribution in [0.5, 0.6) is 11.5 Å². The molecule has 1 atom stereocenters. The molecule has 0 aliphatic rings. The van der Waals surface area contributed by atoms with Gasteiger partial charge in [-0.3, -0.25) is 0 Å². The first-order chi connectivity index (χ1) is 28.1. The first-order valence-corrected chi connectivity index (χ1v) is 23.0. The number of aromatic hydroxyl groups is 2. The largest absolute Gasteiger partial charge is 0.504 e. The van der Waals surface area contributed by atoms with E-state index in [0.29, 0.717) is 21.9 Å². The number of benzene rings is 6. The highest BCUT2D eigenvalue weighted by molar-refractivity contribution is 7.47. The number of fused-ring (bicyclic) bond motifs is 6. The lowest BCUT2D eigenvalue weighted by Crippen LogP contribution is -2.19. The molecule has 0 saturated heterocycles. The van der Waals surface area contributed by atoms with E-state index in [0.717, 1.165) is 54.8 Å². The van der Waals surface area contributed by atoms with E-state index in [9.17, 15) is 10.2 Å². The lowest BCUT2D eigenvalue weighted by Gasteiger charge is -2.32. The van der Waals surface area contributed by atoms with E-state index in [4.69, 9.17) is 16.8 Å². The Morgan fingerprint density at radius 1 is 0.400 bits per heavy atom. The summed E-state index contributed by atoms with van der Waals surface area (Å²) in [7, 11) is -3.71. The third kappa shape index (κ3) is 7.54. The molecule has 0 radical (unpaired) electrons. The van der Waals surface area contributed by atoms with Crippen LogP contribution in [-0.2, 0) is 21.7 Å². The Bertz CT molecular complexity index is 2990. The van der Waals surface area contributed by atoms with Gasteiger partial charge in [0.15, 0.2) is 11.5 Å². The van der Waals surface area contributed by atoms with Gasteiger partial charge in [-0.05, 0) is 86.4 Å². The number of phenols is 2. The summed E-state index contributed by atoms with van der Waals surface area (Å²) >= 11 is 0. The molecule has 0 fully saturated rings. The molecule has 2 N–H and O–H groups in total. The molecule has 2 aromatic heterocycles. The Hall–Kier alpha value is -5.28. The van der Waals surface area contributed by atoms with Crippen molar-refractivity contribution in [3.8, 4) is 33.2 Å². The molecule has 0 aliphatic heterocycles. The van der Waals surface area contributed by atoms with Gasteiger partial charge in [0.2, 0.25) is 0 Å². The van der Waals surface area contributed by atoms with Gasteiger partial charge in [0, 0.05) is 27.3 Å². The van der Waals surface area contributed by atoms with Crippen molar-refractivity contribution in [3.05, 3.63) is 131 Å². The van der Waals surface area contributed by atoms with E-state index in [2.05, 4.69) is 119 Å². The molecular formula is C52H56O6P2. The van der Waals surface area contributed by atoms with Gasteiger partial charge < -0.3 is 27.0 Å². The van der Waals surface area contributed by atoms with E-state index >= 15 is 0 Å². The highest BCUT2D eigenvalue weighted by Crippen LogP contribution is 2.59. The number of hydrogen-bond acceptors (Lipinski definition) is 6. The first kappa shape index (κ1) is 41.5. The van der Waals surface area contributed by atoms with Gasteiger partial charge in [-0.25, -0.2) is 0 Å². The molecular weight excluding hydrogens is 783 g/mol. The predicted octanol–water partition coefficient (Wildman–Crippen LogP) is 17.1. The summed E-state index contributed by atoms with van der Waals surface area (Å²) in [5.41, 5.74) is 8.00. The quantitative estimate of drug-likeness (QED) is 0.172. The molecule has 0 spiro atoms. The highest BCUT2D eigenvalue weighted by Gasteiger charge is 2.34. The first-order valence-electron chi connectivity index (χ1n) is 20.6. The fourth-order valence-electron chi connectivity index (χ4n) is 7.85. The molecule has 0 bridgehead atoms. The van der Waals surface area contributed by atoms with Crippen molar-refractivity contribution in [2.45, 2.75) is 105 Å². The van der Waals surface area contributed by atoms with Crippen LogP contribution in [-0.4, -0.2) is 10.2 Å². The van der Waals surface area contributed by atoms with Crippen molar-refractivity contribution in [1.29, 1.82) is 0 Å². The van der Waals surface area contributed by atoms with Gasteiger partial charge in [0.05, 0.1) is 16.0 Å². The van der Waals surface area contributed by atoms with Crippen molar-refractivity contribution in [1.82, 2.24) is 0 Å². The van der Waals surface area contributed by atoms with Crippen LogP contribution in [0, 0.1) is 0 Å². The normalized spacial score (nSPS) is 13.1. The van der Waals surface area contributed by atoms with Crippen LogP contribution in [0.1, 0.15) is 105 Å². The molecule has 8 heteroatoms. The maximum atomic E-state index is 11.4. The molecule has 0 amide bonds. The maximum absolute atomic E-state index is 11.4. The third-order valence-corrected chi connectivity index (χ3v) is 14.4. The summed E-state index contributed by atoms with van der Waals surface area (Å²) in [6.07, 6.45) is 0. The lowest BCUT2D eigenvalue weighted by atomic mass is 9.76. The van der Waals surface area contributed by atoms with Crippen molar-refractivity contribution < 1.29 is 27.0 Å². The monoisotopic (exact) mass is 838 g/mol. The minimum atomic E-state index is -1.93. The molecule has 0 aliphatic carbocycles. The standard InChI is InChI=1S/C52H56O6P2/c1-49(2,3)31-27-36(47(38(29-31)51(7,8)9)59-55-41-22-16-13-19-33(41)34-20-14-17-23-42(34)56-59)37-28-32(50(4,5)6)30-39(52(10,11)12)48(37)60-57-43-24-18-15-21-35(43)45-44(58-60)26-25-40(53)46(45)54/h13-30,53-54H,1-12H3. The van der Waals surface area contributed by atoms with Crippen LogP contribution in [0.2, 0.25) is 0 Å². The minimum Gasteiger partial charge on any atom is -0.504 e. The van der Waals surface area contributed by atoms with Crippen molar-refractivity contribution in [3.63, 3.8) is 0 Å². The Morgan fingerprint density at radius 3 is 1.17 bits per heavy atom. The van der Waals surface area contributed by atoms with Crippen LogP contribution in [0.15, 0.2) is 126 Å². The second-order valence-electron chi connectivity index (χ2n) is 20.0. The minimum absolute atomic E-state index is 0.211. The van der Waals surface area contributed by atoms with Crippen LogP contribution < -0.4 is 0 Å². The number of rotatable bonds is 3. The van der Waals surface area contributed by atoms with Crippen molar-refractivity contribution in [2.24, 2.45) is 0 Å². The summed E-state index contributed by atoms with van der Waals surface area (Å²) in [5.74, 6) is -0.475. The number of para-hydroxylation sites is 3. The lowest BCUT2D eigenvalue weighted by molar-refractivity contribution is 0.408. The predicted molar refractivity (Wildman–Crippen MR) is 252 cm³/mol. The molecule has 8 aromatic rings. The van der Waals surface area contributed by atoms with Gasteiger partial charge >= 0.3 is 0 Å². The molecule has 8 rings (SSSR count). The fourth-order valence-corrected chi connectivity index (χ4v) is 11.6. The average Bonchev–Trinajstić information content (AvgIpc) is 3.45.